The molecule has 2 heterocycles. The lowest BCUT2D eigenvalue weighted by Crippen LogP contribution is -2.45. The lowest BCUT2D eigenvalue weighted by Gasteiger charge is -2.28. The fourth-order valence-corrected chi connectivity index (χ4v) is 4.58. The summed E-state index contributed by atoms with van der Waals surface area (Å²) in [5.74, 6) is 0.865. The van der Waals surface area contributed by atoms with E-state index in [9.17, 15) is 9.59 Å². The molecule has 0 radical (unpaired) electrons. The quantitative estimate of drug-likeness (QED) is 0.309. The van der Waals surface area contributed by atoms with Crippen LogP contribution in [0.2, 0.25) is 5.15 Å². The molecule has 176 valence electrons. The number of amides is 3. The molecule has 0 saturated carbocycles. The average Bonchev–Trinajstić information content (AvgIpc) is 3.14. The number of carbonyl (C=O) groups is 2. The van der Waals surface area contributed by atoms with Crippen LogP contribution in [-0.2, 0) is 16.9 Å². The third-order valence-corrected chi connectivity index (χ3v) is 6.56. The molecule has 7 nitrogen and oxygen atoms in total. The second-order valence-corrected chi connectivity index (χ2v) is 8.52. The summed E-state index contributed by atoms with van der Waals surface area (Å²) in [4.78, 5) is 32.9. The van der Waals surface area contributed by atoms with Gasteiger partial charge in [-0.1, -0.05) is 54.1 Å². The molecule has 3 aromatic carbocycles. The second kappa shape index (κ2) is 8.92. The molecule has 0 spiro atoms. The maximum atomic E-state index is 14.0. The molecule has 1 aromatic heterocycles. The van der Waals surface area contributed by atoms with Gasteiger partial charge in [-0.15, -0.1) is 0 Å². The van der Waals surface area contributed by atoms with E-state index < -0.39 is 17.5 Å². The van der Waals surface area contributed by atoms with Crippen molar-refractivity contribution in [2.45, 2.75) is 12.1 Å². The van der Waals surface area contributed by atoms with E-state index in [0.717, 1.165) is 10.9 Å². The van der Waals surface area contributed by atoms with Crippen LogP contribution in [0, 0.1) is 0 Å². The van der Waals surface area contributed by atoms with Crippen LogP contribution in [0.4, 0.5) is 4.79 Å². The van der Waals surface area contributed by atoms with Crippen LogP contribution in [0.25, 0.3) is 10.9 Å². The molecule has 8 heteroatoms. The number of hydrogen-bond donors (Lipinski definition) is 1. The summed E-state index contributed by atoms with van der Waals surface area (Å²) >= 11 is 6.44. The van der Waals surface area contributed by atoms with Gasteiger partial charge in [-0.25, -0.2) is 9.78 Å². The van der Waals surface area contributed by atoms with Crippen molar-refractivity contribution in [2.75, 3.05) is 14.2 Å². The van der Waals surface area contributed by atoms with Crippen molar-refractivity contribution in [1.29, 1.82) is 0 Å². The molecule has 1 N–H and O–H groups in total. The molecule has 35 heavy (non-hydrogen) atoms. The first-order valence-electron chi connectivity index (χ1n) is 10.9. The van der Waals surface area contributed by atoms with Crippen LogP contribution >= 0.6 is 11.6 Å². The first-order valence-corrected chi connectivity index (χ1v) is 11.3. The van der Waals surface area contributed by atoms with Crippen molar-refractivity contribution >= 4 is 34.4 Å². The molecule has 1 aliphatic rings. The summed E-state index contributed by atoms with van der Waals surface area (Å²) in [5, 5.41) is 4.06. The zero-order valence-electron chi connectivity index (χ0n) is 19.1. The molecule has 0 aliphatic carbocycles. The Kier molecular flexibility index (Phi) is 5.78. The van der Waals surface area contributed by atoms with Gasteiger partial charge in [0.05, 0.1) is 26.3 Å². The Morgan fingerprint density at radius 3 is 2.03 bits per heavy atom. The highest BCUT2D eigenvalue weighted by Crippen LogP contribution is 2.38. The Hall–Kier alpha value is -4.10. The number of methoxy groups -OCH3 is 2. The molecule has 5 rings (SSSR count). The number of pyridine rings is 1. The fourth-order valence-electron chi connectivity index (χ4n) is 4.38. The van der Waals surface area contributed by atoms with Gasteiger partial charge in [0.2, 0.25) is 0 Å². The summed E-state index contributed by atoms with van der Waals surface area (Å²) in [6.45, 7) is -0.0185. The number of urea groups is 1. The van der Waals surface area contributed by atoms with E-state index in [-0.39, 0.29) is 11.7 Å². The Bertz CT molecular complexity index is 1370. The van der Waals surface area contributed by atoms with Crippen LogP contribution in [0.5, 0.6) is 11.5 Å². The van der Waals surface area contributed by atoms with E-state index in [2.05, 4.69) is 10.3 Å². The predicted octanol–water partition coefficient (Wildman–Crippen LogP) is 4.90. The maximum Gasteiger partial charge on any atom is 0.325 e. The highest BCUT2D eigenvalue weighted by atomic mass is 35.5. The smallest absolute Gasteiger partial charge is 0.325 e. The van der Waals surface area contributed by atoms with Gasteiger partial charge in [0.25, 0.3) is 5.91 Å². The maximum absolute atomic E-state index is 14.0. The van der Waals surface area contributed by atoms with Gasteiger partial charge in [-0.2, -0.15) is 0 Å². The van der Waals surface area contributed by atoms with Crippen molar-refractivity contribution < 1.29 is 19.1 Å². The predicted molar refractivity (Wildman–Crippen MR) is 133 cm³/mol. The molecule has 3 amide bonds. The summed E-state index contributed by atoms with van der Waals surface area (Å²) < 4.78 is 10.6. The number of fused-ring (bicyclic) bond motifs is 1. The molecule has 1 aliphatic heterocycles. The third kappa shape index (κ3) is 3.84. The number of nitrogens with zero attached hydrogens (tertiary/aromatic N) is 2. The van der Waals surface area contributed by atoms with Crippen LogP contribution in [0.3, 0.4) is 0 Å². The van der Waals surface area contributed by atoms with Crippen molar-refractivity contribution in [3.63, 3.8) is 0 Å². The number of para-hydroxylation sites is 1. The van der Waals surface area contributed by atoms with Gasteiger partial charge in [0.15, 0.2) is 5.54 Å². The lowest BCUT2D eigenvalue weighted by atomic mass is 9.82. The van der Waals surface area contributed by atoms with E-state index in [0.29, 0.717) is 28.2 Å². The zero-order chi connectivity index (χ0) is 24.6. The SMILES string of the molecule is COc1ccc(C2(c3ccc(OC)cc3)NC(=O)N(Cc3cc4ccccc4nc3Cl)C2=O)cc1. The summed E-state index contributed by atoms with van der Waals surface area (Å²) in [7, 11) is 3.14. The van der Waals surface area contributed by atoms with E-state index in [1.807, 2.05) is 30.3 Å². The van der Waals surface area contributed by atoms with Gasteiger partial charge in [0.1, 0.15) is 16.7 Å². The standard InChI is InChI=1S/C27H22ClN3O4/c1-34-21-11-7-19(8-12-21)27(20-9-13-22(35-2)14-10-20)25(32)31(26(33)30-27)16-18-15-17-5-3-4-6-23(17)29-24(18)28/h3-15H,16H2,1-2H3,(H,30,33). The second-order valence-electron chi connectivity index (χ2n) is 8.16. The Balaban J connectivity index is 1.59. The Labute approximate surface area is 207 Å². The van der Waals surface area contributed by atoms with E-state index in [1.54, 1.807) is 62.8 Å². The first-order chi connectivity index (χ1) is 17.0. The van der Waals surface area contributed by atoms with Gasteiger partial charge < -0.3 is 14.8 Å². The number of hydrogen-bond acceptors (Lipinski definition) is 5. The van der Waals surface area contributed by atoms with E-state index in [4.69, 9.17) is 21.1 Å². The highest BCUT2D eigenvalue weighted by molar-refractivity contribution is 6.30. The number of rotatable bonds is 6. The average molecular weight is 488 g/mol. The number of imide groups is 1. The van der Waals surface area contributed by atoms with Crippen molar-refractivity contribution in [3.8, 4) is 11.5 Å². The highest BCUT2D eigenvalue weighted by Gasteiger charge is 2.53. The topological polar surface area (TPSA) is 80.8 Å². The number of aromatic nitrogens is 1. The van der Waals surface area contributed by atoms with Gasteiger partial charge in [0, 0.05) is 10.9 Å². The van der Waals surface area contributed by atoms with E-state index in [1.165, 1.54) is 4.90 Å². The van der Waals surface area contributed by atoms with Gasteiger partial charge >= 0.3 is 6.03 Å². The normalized spacial score (nSPS) is 14.8. The minimum atomic E-state index is -1.42. The van der Waals surface area contributed by atoms with Gasteiger partial charge in [-0.05, 0) is 47.5 Å². The van der Waals surface area contributed by atoms with Crippen molar-refractivity contribution in [2.24, 2.45) is 0 Å². The molecule has 0 atom stereocenters. The van der Waals surface area contributed by atoms with Crippen molar-refractivity contribution in [1.82, 2.24) is 15.2 Å². The Morgan fingerprint density at radius 2 is 1.46 bits per heavy atom. The monoisotopic (exact) mass is 487 g/mol. The van der Waals surface area contributed by atoms with Gasteiger partial charge in [-0.3, -0.25) is 9.69 Å². The molecule has 0 unspecified atom stereocenters. The van der Waals surface area contributed by atoms with Crippen LogP contribution < -0.4 is 14.8 Å². The number of ether oxygens (including phenoxy) is 2. The largest absolute Gasteiger partial charge is 0.497 e. The van der Waals surface area contributed by atoms with Crippen LogP contribution in [0.1, 0.15) is 16.7 Å². The first kappa shape index (κ1) is 22.7. The zero-order valence-corrected chi connectivity index (χ0v) is 19.9. The van der Waals surface area contributed by atoms with Crippen LogP contribution in [0.15, 0.2) is 78.9 Å². The Morgan fingerprint density at radius 1 is 0.886 bits per heavy atom. The van der Waals surface area contributed by atoms with Crippen molar-refractivity contribution in [3.05, 3.63) is 101 Å². The molecule has 1 saturated heterocycles. The number of benzene rings is 3. The van der Waals surface area contributed by atoms with E-state index >= 15 is 0 Å². The molecule has 0 bridgehead atoms. The summed E-state index contributed by atoms with van der Waals surface area (Å²) in [6, 6.07) is 23.0. The molecular formula is C27H22ClN3O4. The number of halogens is 1. The number of carbonyl (C=O) groups excluding carboxylic acids is 2. The summed E-state index contributed by atoms with van der Waals surface area (Å²) in [6.07, 6.45) is 0. The lowest BCUT2D eigenvalue weighted by molar-refractivity contribution is -0.130. The minimum Gasteiger partial charge on any atom is -0.497 e. The molecule has 1 fully saturated rings. The van der Waals surface area contributed by atoms with Crippen LogP contribution in [-0.4, -0.2) is 36.0 Å². The summed E-state index contributed by atoms with van der Waals surface area (Å²) in [5.41, 5.74) is 1.10. The molecular weight excluding hydrogens is 466 g/mol. The third-order valence-electron chi connectivity index (χ3n) is 6.23. The minimum absolute atomic E-state index is 0.0185. The molecule has 4 aromatic rings. The number of nitrogens with one attached hydrogen (secondary N) is 1. The fraction of sp³-hybridized carbons (Fsp3) is 0.148.